The normalized spacial score (nSPS) is 10.2. The van der Waals surface area contributed by atoms with E-state index in [4.69, 9.17) is 4.74 Å². The predicted octanol–water partition coefficient (Wildman–Crippen LogP) is 0.580. The smallest absolute Gasteiger partial charge is 0.407 e. The monoisotopic (exact) mass is 487 g/mol. The van der Waals surface area contributed by atoms with Crippen molar-refractivity contribution < 1.29 is 31.1 Å². The molecule has 5 nitrogen and oxygen atoms in total. The van der Waals surface area contributed by atoms with Gasteiger partial charge in [-0.25, -0.2) is 13.9 Å². The third-order valence-corrected chi connectivity index (χ3v) is 4.51. The number of halogens is 2. The SMILES string of the molecule is Cc1c[n+](CCCCBr)cn1CCCNC(=O)OCc1ccccc1.[Br-]. The molecule has 2 aromatic rings. The van der Waals surface area contributed by atoms with Crippen molar-refractivity contribution in [3.05, 3.63) is 54.1 Å². The number of imidazole rings is 1. The summed E-state index contributed by atoms with van der Waals surface area (Å²) >= 11 is 3.46. The molecular weight excluding hydrogens is 462 g/mol. The minimum Gasteiger partial charge on any atom is -1.00 e. The second-order valence-corrected chi connectivity index (χ2v) is 6.85. The molecule has 0 saturated heterocycles. The number of rotatable bonds is 10. The van der Waals surface area contributed by atoms with E-state index in [2.05, 4.69) is 49.8 Å². The molecule has 0 saturated carbocycles. The molecule has 1 amide bonds. The minimum atomic E-state index is -0.363. The Hall–Kier alpha value is -1.34. The van der Waals surface area contributed by atoms with Gasteiger partial charge in [0.15, 0.2) is 0 Å². The number of nitrogens with zero attached hydrogens (tertiary/aromatic N) is 2. The Labute approximate surface area is 174 Å². The van der Waals surface area contributed by atoms with Gasteiger partial charge in [0.05, 0.1) is 13.1 Å². The Balaban J connectivity index is 0.00000338. The number of unbranched alkanes of at least 4 members (excludes halogenated alkanes) is 1. The Morgan fingerprint density at radius 3 is 2.73 bits per heavy atom. The van der Waals surface area contributed by atoms with Crippen LogP contribution in [0.15, 0.2) is 42.9 Å². The van der Waals surface area contributed by atoms with E-state index in [1.807, 2.05) is 30.3 Å². The summed E-state index contributed by atoms with van der Waals surface area (Å²) in [4.78, 5) is 11.7. The van der Waals surface area contributed by atoms with E-state index in [0.29, 0.717) is 13.2 Å². The third kappa shape index (κ3) is 8.36. The zero-order chi connectivity index (χ0) is 17.9. The first-order valence-electron chi connectivity index (χ1n) is 8.75. The summed E-state index contributed by atoms with van der Waals surface area (Å²) in [5, 5.41) is 3.86. The second-order valence-electron chi connectivity index (χ2n) is 6.06. The molecule has 1 aromatic carbocycles. The van der Waals surface area contributed by atoms with Crippen molar-refractivity contribution in [1.29, 1.82) is 0 Å². The maximum atomic E-state index is 11.7. The van der Waals surface area contributed by atoms with Crippen LogP contribution >= 0.6 is 15.9 Å². The summed E-state index contributed by atoms with van der Waals surface area (Å²) in [5.41, 5.74) is 2.23. The molecule has 0 aliphatic rings. The van der Waals surface area contributed by atoms with Gasteiger partial charge in [-0.05, 0) is 18.4 Å². The summed E-state index contributed by atoms with van der Waals surface area (Å²) in [7, 11) is 0. The Kier molecular flexibility index (Phi) is 11.3. The third-order valence-electron chi connectivity index (χ3n) is 3.95. The van der Waals surface area contributed by atoms with Gasteiger partial charge in [0.1, 0.15) is 18.5 Å². The van der Waals surface area contributed by atoms with E-state index >= 15 is 0 Å². The first-order chi connectivity index (χ1) is 12.2. The number of alkyl halides is 1. The van der Waals surface area contributed by atoms with E-state index in [1.165, 1.54) is 18.5 Å². The van der Waals surface area contributed by atoms with Gasteiger partial charge in [-0.1, -0.05) is 46.3 Å². The summed E-state index contributed by atoms with van der Waals surface area (Å²) in [6, 6.07) is 9.69. The van der Waals surface area contributed by atoms with Gasteiger partial charge < -0.3 is 27.0 Å². The largest absolute Gasteiger partial charge is 1.00 e. The van der Waals surface area contributed by atoms with Crippen molar-refractivity contribution in [3.8, 4) is 0 Å². The number of aryl methyl sites for hydroxylation is 3. The average molecular weight is 489 g/mol. The van der Waals surface area contributed by atoms with Crippen molar-refractivity contribution in [2.45, 2.75) is 45.9 Å². The van der Waals surface area contributed by atoms with Gasteiger partial charge in [-0.3, -0.25) is 0 Å². The quantitative estimate of drug-likeness (QED) is 0.302. The number of alkyl carbamates (subject to hydrolysis) is 1. The fourth-order valence-corrected chi connectivity index (χ4v) is 2.97. The lowest BCUT2D eigenvalue weighted by molar-refractivity contribution is -0.697. The molecule has 1 aromatic heterocycles. The highest BCUT2D eigenvalue weighted by Crippen LogP contribution is 2.01. The van der Waals surface area contributed by atoms with E-state index < -0.39 is 0 Å². The number of hydrogen-bond donors (Lipinski definition) is 1. The number of nitrogens with one attached hydrogen (secondary N) is 1. The van der Waals surface area contributed by atoms with Gasteiger partial charge in [0, 0.05) is 25.2 Å². The molecule has 0 unspecified atom stereocenters. The molecule has 1 heterocycles. The molecule has 26 heavy (non-hydrogen) atoms. The highest BCUT2D eigenvalue weighted by Gasteiger charge is 2.09. The van der Waals surface area contributed by atoms with Crippen LogP contribution in [-0.4, -0.2) is 22.5 Å². The lowest BCUT2D eigenvalue weighted by atomic mass is 10.2. The molecule has 0 atom stereocenters. The lowest BCUT2D eigenvalue weighted by Crippen LogP contribution is -3.00. The number of ether oxygens (including phenoxy) is 1. The van der Waals surface area contributed by atoms with Crippen molar-refractivity contribution in [2.75, 3.05) is 11.9 Å². The van der Waals surface area contributed by atoms with Crippen molar-refractivity contribution in [3.63, 3.8) is 0 Å². The Bertz CT molecular complexity index is 647. The van der Waals surface area contributed by atoms with E-state index in [9.17, 15) is 4.79 Å². The van der Waals surface area contributed by atoms with Crippen molar-refractivity contribution >= 4 is 22.0 Å². The number of carbonyl (C=O) groups is 1. The van der Waals surface area contributed by atoms with Crippen LogP contribution in [0.3, 0.4) is 0 Å². The minimum absolute atomic E-state index is 0. The van der Waals surface area contributed by atoms with E-state index in [-0.39, 0.29) is 23.1 Å². The average Bonchev–Trinajstić information content (AvgIpc) is 2.98. The molecular formula is C19H27Br2N3O2. The van der Waals surface area contributed by atoms with Crippen LogP contribution in [0.1, 0.15) is 30.5 Å². The Morgan fingerprint density at radius 1 is 1.23 bits per heavy atom. The highest BCUT2D eigenvalue weighted by molar-refractivity contribution is 9.09. The van der Waals surface area contributed by atoms with Crippen LogP contribution in [0.5, 0.6) is 0 Å². The molecule has 0 fully saturated rings. The molecule has 0 aliphatic carbocycles. The van der Waals surface area contributed by atoms with Crippen molar-refractivity contribution in [1.82, 2.24) is 9.88 Å². The van der Waals surface area contributed by atoms with E-state index in [0.717, 1.165) is 30.4 Å². The summed E-state index contributed by atoms with van der Waals surface area (Å²) in [5.74, 6) is 0. The summed E-state index contributed by atoms with van der Waals surface area (Å²) in [6.45, 7) is 4.95. The second kappa shape index (κ2) is 12.9. The fraction of sp³-hybridized carbons (Fsp3) is 0.474. The molecule has 0 bridgehead atoms. The molecule has 1 N–H and O–H groups in total. The van der Waals surface area contributed by atoms with Crippen LogP contribution in [0.25, 0.3) is 0 Å². The molecule has 0 aliphatic heterocycles. The van der Waals surface area contributed by atoms with Gasteiger partial charge >= 0.3 is 6.09 Å². The highest BCUT2D eigenvalue weighted by atomic mass is 79.9. The molecule has 0 spiro atoms. The molecule has 0 radical (unpaired) electrons. The summed E-state index contributed by atoms with van der Waals surface area (Å²) in [6.07, 6.45) is 7.20. The molecule has 2 rings (SSSR count). The topological polar surface area (TPSA) is 47.1 Å². The zero-order valence-electron chi connectivity index (χ0n) is 15.2. The van der Waals surface area contributed by atoms with Gasteiger partial charge in [0.25, 0.3) is 0 Å². The maximum Gasteiger partial charge on any atom is 0.407 e. The zero-order valence-corrected chi connectivity index (χ0v) is 18.3. The number of benzene rings is 1. The number of amides is 1. The van der Waals surface area contributed by atoms with Gasteiger partial charge in [-0.15, -0.1) is 0 Å². The predicted molar refractivity (Wildman–Crippen MR) is 102 cm³/mol. The van der Waals surface area contributed by atoms with E-state index in [1.54, 1.807) is 0 Å². The lowest BCUT2D eigenvalue weighted by Gasteiger charge is -2.06. The first kappa shape index (κ1) is 22.7. The van der Waals surface area contributed by atoms with Gasteiger partial charge in [-0.2, -0.15) is 0 Å². The molecule has 144 valence electrons. The number of aromatic nitrogens is 2. The Morgan fingerprint density at radius 2 is 2.00 bits per heavy atom. The van der Waals surface area contributed by atoms with Crippen LogP contribution in [0.4, 0.5) is 4.79 Å². The summed E-state index contributed by atoms with van der Waals surface area (Å²) < 4.78 is 9.66. The maximum absolute atomic E-state index is 11.7. The van der Waals surface area contributed by atoms with Crippen LogP contribution < -0.4 is 26.9 Å². The van der Waals surface area contributed by atoms with Crippen LogP contribution in [-0.2, 0) is 24.4 Å². The number of carbonyl (C=O) groups excluding carboxylic acids is 1. The van der Waals surface area contributed by atoms with Gasteiger partial charge in [0.2, 0.25) is 6.33 Å². The first-order valence-corrected chi connectivity index (χ1v) is 9.87. The van der Waals surface area contributed by atoms with Crippen LogP contribution in [0.2, 0.25) is 0 Å². The number of hydrogen-bond acceptors (Lipinski definition) is 2. The fourth-order valence-electron chi connectivity index (χ4n) is 2.58. The molecule has 7 heteroatoms. The van der Waals surface area contributed by atoms with Crippen molar-refractivity contribution in [2.24, 2.45) is 0 Å². The van der Waals surface area contributed by atoms with Crippen LogP contribution in [0, 0.1) is 6.92 Å². The standard InChI is InChI=1S/C19H26BrN3O2.BrH/c1-17-14-22(12-6-5-10-20)16-23(17)13-7-11-21-19(24)25-15-18-8-3-2-4-9-18;/h2-4,8-9,14,16H,5-7,10-13,15H2,1H3;1H.